The van der Waals surface area contributed by atoms with Crippen molar-refractivity contribution in [3.8, 4) is 5.75 Å². The second-order valence-electron chi connectivity index (χ2n) is 4.18. The first-order valence-electron chi connectivity index (χ1n) is 6.13. The van der Waals surface area contributed by atoms with E-state index in [0.29, 0.717) is 19.0 Å². The van der Waals surface area contributed by atoms with Crippen LogP contribution in [-0.4, -0.2) is 5.97 Å². The van der Waals surface area contributed by atoms with Gasteiger partial charge in [0.05, 0.1) is 13.2 Å². The summed E-state index contributed by atoms with van der Waals surface area (Å²) >= 11 is 0. The molecular formula is C16H16O3. The summed E-state index contributed by atoms with van der Waals surface area (Å²) in [6.45, 7) is 2.34. The number of ether oxygens (including phenoxy) is 2. The first-order chi connectivity index (χ1) is 9.25. The van der Waals surface area contributed by atoms with Gasteiger partial charge in [0.25, 0.3) is 0 Å². The van der Waals surface area contributed by atoms with Gasteiger partial charge in [0.15, 0.2) is 0 Å². The summed E-state index contributed by atoms with van der Waals surface area (Å²) in [5.74, 6) is 0.235. The Bertz CT molecular complexity index is 535. The number of carbonyl (C=O) groups is 1. The van der Waals surface area contributed by atoms with E-state index in [0.717, 1.165) is 11.1 Å². The van der Waals surface area contributed by atoms with Crippen molar-refractivity contribution in [1.82, 2.24) is 0 Å². The van der Waals surface area contributed by atoms with Crippen LogP contribution in [-0.2, 0) is 22.7 Å². The van der Waals surface area contributed by atoms with Gasteiger partial charge in [0, 0.05) is 12.5 Å². The van der Waals surface area contributed by atoms with E-state index in [9.17, 15) is 4.79 Å². The molecule has 0 radical (unpaired) electrons. The highest BCUT2D eigenvalue weighted by Gasteiger charge is 2.05. The zero-order valence-corrected chi connectivity index (χ0v) is 10.8. The molecule has 0 unspecified atom stereocenters. The second-order valence-corrected chi connectivity index (χ2v) is 4.18. The molecule has 0 saturated carbocycles. The first kappa shape index (κ1) is 13.3. The number of carbonyl (C=O) groups excluding carboxylic acids is 1. The quantitative estimate of drug-likeness (QED) is 0.608. The molecule has 98 valence electrons. The van der Waals surface area contributed by atoms with Gasteiger partial charge in [-0.05, 0) is 11.6 Å². The fraction of sp³-hybridized carbons (Fsp3) is 0.188. The van der Waals surface area contributed by atoms with Crippen molar-refractivity contribution in [1.29, 1.82) is 0 Å². The lowest BCUT2D eigenvalue weighted by atomic mass is 10.2. The predicted octanol–water partition coefficient (Wildman–Crippen LogP) is 3.33. The average Bonchev–Trinajstić information content (AvgIpc) is 2.41. The molecule has 3 nitrogen and oxygen atoms in total. The Labute approximate surface area is 112 Å². The minimum atomic E-state index is -0.324. The topological polar surface area (TPSA) is 35.5 Å². The SMILES string of the molecule is CC(=O)Oc1ccccc1COCc1ccccc1. The van der Waals surface area contributed by atoms with E-state index in [1.165, 1.54) is 6.92 Å². The third-order valence-corrected chi connectivity index (χ3v) is 2.60. The van der Waals surface area contributed by atoms with Gasteiger partial charge in [0.1, 0.15) is 5.75 Å². The van der Waals surface area contributed by atoms with Crippen molar-refractivity contribution in [3.63, 3.8) is 0 Å². The van der Waals surface area contributed by atoms with Crippen LogP contribution in [0.1, 0.15) is 18.1 Å². The van der Waals surface area contributed by atoms with E-state index in [2.05, 4.69) is 0 Å². The Morgan fingerprint density at radius 1 is 0.947 bits per heavy atom. The van der Waals surface area contributed by atoms with E-state index in [4.69, 9.17) is 9.47 Å². The zero-order chi connectivity index (χ0) is 13.5. The number of para-hydroxylation sites is 1. The molecular weight excluding hydrogens is 240 g/mol. The van der Waals surface area contributed by atoms with Crippen molar-refractivity contribution in [2.45, 2.75) is 20.1 Å². The van der Waals surface area contributed by atoms with E-state index in [1.807, 2.05) is 48.5 Å². The molecule has 2 aromatic carbocycles. The largest absolute Gasteiger partial charge is 0.426 e. The first-order valence-corrected chi connectivity index (χ1v) is 6.13. The van der Waals surface area contributed by atoms with Gasteiger partial charge in [-0.25, -0.2) is 0 Å². The molecule has 0 bridgehead atoms. The smallest absolute Gasteiger partial charge is 0.308 e. The molecule has 0 N–H and O–H groups in total. The van der Waals surface area contributed by atoms with Crippen molar-refractivity contribution in [2.75, 3.05) is 0 Å². The molecule has 2 rings (SSSR count). The predicted molar refractivity (Wildman–Crippen MR) is 72.7 cm³/mol. The normalized spacial score (nSPS) is 10.2. The maximum absolute atomic E-state index is 11.0. The molecule has 0 aliphatic heterocycles. The monoisotopic (exact) mass is 256 g/mol. The van der Waals surface area contributed by atoms with Crippen molar-refractivity contribution >= 4 is 5.97 Å². The van der Waals surface area contributed by atoms with Crippen LogP contribution in [0.25, 0.3) is 0 Å². The van der Waals surface area contributed by atoms with Gasteiger partial charge < -0.3 is 9.47 Å². The number of hydrogen-bond acceptors (Lipinski definition) is 3. The molecule has 3 heteroatoms. The fourth-order valence-electron chi connectivity index (χ4n) is 1.73. The number of rotatable bonds is 5. The van der Waals surface area contributed by atoms with Crippen molar-refractivity contribution < 1.29 is 14.3 Å². The maximum Gasteiger partial charge on any atom is 0.308 e. The third kappa shape index (κ3) is 4.23. The second kappa shape index (κ2) is 6.71. The summed E-state index contributed by atoms with van der Waals surface area (Å²) < 4.78 is 10.8. The Balaban J connectivity index is 1.94. The highest BCUT2D eigenvalue weighted by Crippen LogP contribution is 2.19. The van der Waals surface area contributed by atoms with Crippen molar-refractivity contribution in [2.24, 2.45) is 0 Å². The van der Waals surface area contributed by atoms with Crippen LogP contribution in [0.5, 0.6) is 5.75 Å². The van der Waals surface area contributed by atoms with Crippen LogP contribution in [0.4, 0.5) is 0 Å². The molecule has 0 atom stereocenters. The van der Waals surface area contributed by atoms with Crippen LogP contribution < -0.4 is 4.74 Å². The molecule has 0 aliphatic rings. The lowest BCUT2D eigenvalue weighted by Gasteiger charge is -2.09. The third-order valence-electron chi connectivity index (χ3n) is 2.60. The summed E-state index contributed by atoms with van der Waals surface area (Å²) in [4.78, 5) is 11.0. The van der Waals surface area contributed by atoms with E-state index < -0.39 is 0 Å². The van der Waals surface area contributed by atoms with Crippen LogP contribution in [0.2, 0.25) is 0 Å². The van der Waals surface area contributed by atoms with Gasteiger partial charge in [-0.1, -0.05) is 48.5 Å². The summed E-state index contributed by atoms with van der Waals surface area (Å²) in [7, 11) is 0. The fourth-order valence-corrected chi connectivity index (χ4v) is 1.73. The van der Waals surface area contributed by atoms with Gasteiger partial charge in [-0.3, -0.25) is 4.79 Å². The van der Waals surface area contributed by atoms with Gasteiger partial charge in [-0.2, -0.15) is 0 Å². The molecule has 0 amide bonds. The number of benzene rings is 2. The zero-order valence-electron chi connectivity index (χ0n) is 10.8. The Kier molecular flexibility index (Phi) is 4.70. The molecule has 0 spiro atoms. The van der Waals surface area contributed by atoms with E-state index in [1.54, 1.807) is 6.07 Å². The van der Waals surface area contributed by atoms with Crippen LogP contribution in [0.15, 0.2) is 54.6 Å². The molecule has 0 aliphatic carbocycles. The Hall–Kier alpha value is -2.13. The highest BCUT2D eigenvalue weighted by molar-refractivity contribution is 5.69. The maximum atomic E-state index is 11.0. The lowest BCUT2D eigenvalue weighted by Crippen LogP contribution is -2.04. The standard InChI is InChI=1S/C16H16O3/c1-13(17)19-16-10-6-5-9-15(16)12-18-11-14-7-3-2-4-8-14/h2-10H,11-12H2,1H3. The van der Waals surface area contributed by atoms with Gasteiger partial charge >= 0.3 is 5.97 Å². The summed E-state index contributed by atoms with van der Waals surface area (Å²) in [6, 6.07) is 17.3. The lowest BCUT2D eigenvalue weighted by molar-refractivity contribution is -0.132. The molecule has 0 heterocycles. The van der Waals surface area contributed by atoms with Crippen LogP contribution in [0.3, 0.4) is 0 Å². The summed E-state index contributed by atoms with van der Waals surface area (Å²) in [5, 5.41) is 0. The van der Waals surface area contributed by atoms with Crippen LogP contribution >= 0.6 is 0 Å². The molecule has 0 saturated heterocycles. The number of esters is 1. The average molecular weight is 256 g/mol. The van der Waals surface area contributed by atoms with Crippen molar-refractivity contribution in [3.05, 3.63) is 65.7 Å². The highest BCUT2D eigenvalue weighted by atomic mass is 16.5. The summed E-state index contributed by atoms with van der Waals surface area (Å²) in [5.41, 5.74) is 1.99. The molecule has 2 aromatic rings. The minimum absolute atomic E-state index is 0.324. The van der Waals surface area contributed by atoms with Gasteiger partial charge in [0.2, 0.25) is 0 Å². The van der Waals surface area contributed by atoms with Crippen LogP contribution in [0, 0.1) is 0 Å². The minimum Gasteiger partial charge on any atom is -0.426 e. The van der Waals surface area contributed by atoms with E-state index in [-0.39, 0.29) is 5.97 Å². The summed E-state index contributed by atoms with van der Waals surface area (Å²) in [6.07, 6.45) is 0. The molecule has 0 aromatic heterocycles. The number of hydrogen-bond donors (Lipinski definition) is 0. The Morgan fingerprint density at radius 2 is 1.63 bits per heavy atom. The Morgan fingerprint density at radius 3 is 2.37 bits per heavy atom. The molecule has 19 heavy (non-hydrogen) atoms. The van der Waals surface area contributed by atoms with Gasteiger partial charge in [-0.15, -0.1) is 0 Å². The van der Waals surface area contributed by atoms with E-state index >= 15 is 0 Å². The molecule has 0 fully saturated rings.